The van der Waals surface area contributed by atoms with Crippen LogP contribution in [0, 0.1) is 17.3 Å². The molecule has 2 fully saturated rings. The Labute approximate surface area is 145 Å². The molecule has 3 heteroatoms. The van der Waals surface area contributed by atoms with Gasteiger partial charge in [-0.2, -0.15) is 0 Å². The molecule has 3 nitrogen and oxygen atoms in total. The maximum atomic E-state index is 11.8. The molecule has 0 aromatic rings. The van der Waals surface area contributed by atoms with Crippen LogP contribution in [0.1, 0.15) is 64.7 Å². The summed E-state index contributed by atoms with van der Waals surface area (Å²) in [5, 5.41) is 11.4. The Morgan fingerprint density at radius 2 is 2.04 bits per heavy atom. The van der Waals surface area contributed by atoms with E-state index in [0.29, 0.717) is 30.6 Å². The highest BCUT2D eigenvalue weighted by Gasteiger charge is 2.58. The van der Waals surface area contributed by atoms with E-state index in [9.17, 15) is 9.90 Å². The van der Waals surface area contributed by atoms with Crippen LogP contribution in [0.25, 0.3) is 0 Å². The maximum absolute atomic E-state index is 11.8. The average Bonchev–Trinajstić information content (AvgIpc) is 2.55. The van der Waals surface area contributed by atoms with E-state index in [0.717, 1.165) is 44.9 Å². The summed E-state index contributed by atoms with van der Waals surface area (Å²) in [4.78, 5) is 11.8. The minimum absolute atomic E-state index is 0.0400. The molecule has 4 rings (SSSR count). The fraction of sp³-hybridized carbons (Fsp3) is 0.762. The Morgan fingerprint density at radius 1 is 1.21 bits per heavy atom. The van der Waals surface area contributed by atoms with Gasteiger partial charge in [-0.15, -0.1) is 0 Å². The molecule has 24 heavy (non-hydrogen) atoms. The summed E-state index contributed by atoms with van der Waals surface area (Å²) in [6.07, 6.45) is 11.1. The number of hydrogen-bond donors (Lipinski definition) is 1. The van der Waals surface area contributed by atoms with Crippen LogP contribution in [0.2, 0.25) is 0 Å². The Morgan fingerprint density at radius 3 is 2.83 bits per heavy atom. The number of methoxy groups -OCH3 is 1. The van der Waals surface area contributed by atoms with Crippen LogP contribution in [0.4, 0.5) is 0 Å². The molecule has 4 aliphatic rings. The van der Waals surface area contributed by atoms with Crippen molar-refractivity contribution in [1.29, 1.82) is 0 Å². The molecular weight excluding hydrogens is 300 g/mol. The van der Waals surface area contributed by atoms with Crippen molar-refractivity contribution in [3.8, 4) is 0 Å². The smallest absolute Gasteiger partial charge is 0.156 e. The van der Waals surface area contributed by atoms with Crippen LogP contribution in [0.15, 0.2) is 22.8 Å². The summed E-state index contributed by atoms with van der Waals surface area (Å²) in [6.45, 7) is 2.77. The molecule has 2 saturated carbocycles. The summed E-state index contributed by atoms with van der Waals surface area (Å²) in [7, 11) is 1.71. The molecule has 0 bridgehead atoms. The van der Waals surface area contributed by atoms with Crippen molar-refractivity contribution in [2.24, 2.45) is 17.3 Å². The predicted octanol–water partition coefficient (Wildman–Crippen LogP) is 3.96. The lowest BCUT2D eigenvalue weighted by Gasteiger charge is -2.59. The van der Waals surface area contributed by atoms with Crippen LogP contribution in [-0.4, -0.2) is 30.2 Å². The van der Waals surface area contributed by atoms with Crippen LogP contribution >= 0.6 is 0 Å². The highest BCUT2D eigenvalue weighted by atomic mass is 16.5. The van der Waals surface area contributed by atoms with Crippen molar-refractivity contribution in [2.75, 3.05) is 13.7 Å². The first-order valence-electron chi connectivity index (χ1n) is 9.65. The second-order valence-corrected chi connectivity index (χ2v) is 8.67. The van der Waals surface area contributed by atoms with Gasteiger partial charge in [-0.3, -0.25) is 4.79 Å². The zero-order chi connectivity index (χ0) is 16.9. The second kappa shape index (κ2) is 5.81. The molecule has 0 radical (unpaired) electrons. The van der Waals surface area contributed by atoms with Crippen LogP contribution in [-0.2, 0) is 9.53 Å². The van der Waals surface area contributed by atoms with Crippen molar-refractivity contribution < 1.29 is 14.6 Å². The number of fused-ring (bicyclic) bond motifs is 4. The Balaban J connectivity index is 1.71. The van der Waals surface area contributed by atoms with Gasteiger partial charge in [0.1, 0.15) is 0 Å². The normalized spacial score (nSPS) is 42.1. The molecular formula is C21H30O3. The van der Waals surface area contributed by atoms with E-state index in [1.165, 1.54) is 17.6 Å². The molecule has 132 valence electrons. The standard InChI is InChI=1S/C21H30O3/c1-20-11-9-17-16-8-6-15(22)12-14(16)5-7-18(17)19(20)4-3-10-21(20,23)13-24-2/h12,18-19,23H,3-11,13H2,1-2H3/t18-,19+,20+,21-/m1/s1. The van der Waals surface area contributed by atoms with Crippen LogP contribution in [0.5, 0.6) is 0 Å². The van der Waals surface area contributed by atoms with Gasteiger partial charge in [0.2, 0.25) is 0 Å². The first-order valence-corrected chi connectivity index (χ1v) is 9.65. The van der Waals surface area contributed by atoms with E-state index in [1.54, 1.807) is 12.7 Å². The number of carbonyl (C=O) groups is 1. The van der Waals surface area contributed by atoms with Gasteiger partial charge in [0.25, 0.3) is 0 Å². The Bertz CT molecular complexity index is 613. The summed E-state index contributed by atoms with van der Waals surface area (Å²) in [5.41, 5.74) is 3.74. The zero-order valence-corrected chi connectivity index (χ0v) is 15.1. The Kier molecular flexibility index (Phi) is 4.00. The quantitative estimate of drug-likeness (QED) is 0.833. The highest BCUT2D eigenvalue weighted by Crippen LogP contribution is 2.61. The lowest BCUT2D eigenvalue weighted by atomic mass is 9.48. The molecule has 0 spiro atoms. The van der Waals surface area contributed by atoms with Crippen LogP contribution in [0.3, 0.4) is 0 Å². The molecule has 0 amide bonds. The van der Waals surface area contributed by atoms with Gasteiger partial charge in [0.05, 0.1) is 12.2 Å². The number of rotatable bonds is 2. The third-order valence-electron chi connectivity index (χ3n) is 7.67. The zero-order valence-electron chi connectivity index (χ0n) is 15.1. The van der Waals surface area contributed by atoms with E-state index in [-0.39, 0.29) is 5.41 Å². The topological polar surface area (TPSA) is 46.5 Å². The minimum atomic E-state index is -0.681. The molecule has 4 atom stereocenters. The van der Waals surface area contributed by atoms with Crippen LogP contribution < -0.4 is 0 Å². The molecule has 0 unspecified atom stereocenters. The number of ether oxygens (including phenoxy) is 1. The number of allylic oxidation sites excluding steroid dienone is 4. The van der Waals surface area contributed by atoms with Crippen molar-refractivity contribution in [1.82, 2.24) is 0 Å². The molecule has 4 aliphatic carbocycles. The van der Waals surface area contributed by atoms with Gasteiger partial charge in [-0.1, -0.05) is 18.9 Å². The van der Waals surface area contributed by atoms with Crippen molar-refractivity contribution in [3.63, 3.8) is 0 Å². The van der Waals surface area contributed by atoms with E-state index in [2.05, 4.69) is 6.92 Å². The lowest BCUT2D eigenvalue weighted by molar-refractivity contribution is -0.184. The van der Waals surface area contributed by atoms with Gasteiger partial charge in [-0.05, 0) is 74.0 Å². The van der Waals surface area contributed by atoms with Gasteiger partial charge >= 0.3 is 0 Å². The highest BCUT2D eigenvalue weighted by molar-refractivity contribution is 5.93. The molecule has 0 heterocycles. The summed E-state index contributed by atoms with van der Waals surface area (Å²) >= 11 is 0. The molecule has 0 aliphatic heterocycles. The van der Waals surface area contributed by atoms with E-state index in [4.69, 9.17) is 4.74 Å². The minimum Gasteiger partial charge on any atom is -0.387 e. The summed E-state index contributed by atoms with van der Waals surface area (Å²) in [5.74, 6) is 1.47. The third kappa shape index (κ3) is 2.28. The lowest BCUT2D eigenvalue weighted by Crippen LogP contribution is -2.59. The second-order valence-electron chi connectivity index (χ2n) is 8.67. The number of ketones is 1. The van der Waals surface area contributed by atoms with Crippen molar-refractivity contribution in [3.05, 3.63) is 22.8 Å². The molecule has 0 aromatic heterocycles. The summed E-state index contributed by atoms with van der Waals surface area (Å²) < 4.78 is 5.42. The van der Waals surface area contributed by atoms with Crippen molar-refractivity contribution in [2.45, 2.75) is 70.3 Å². The number of aliphatic hydroxyl groups is 1. The predicted molar refractivity (Wildman–Crippen MR) is 93.6 cm³/mol. The first kappa shape index (κ1) is 16.5. The largest absolute Gasteiger partial charge is 0.387 e. The monoisotopic (exact) mass is 330 g/mol. The SMILES string of the molecule is COC[C@]1(O)CCC[C@H]2[C@@H]3CCC4=CC(=O)CCC4=C3CC[C@@]21C. The van der Waals surface area contributed by atoms with Gasteiger partial charge in [-0.25, -0.2) is 0 Å². The summed E-state index contributed by atoms with van der Waals surface area (Å²) in [6, 6.07) is 0. The fourth-order valence-corrected chi connectivity index (χ4v) is 6.34. The fourth-order valence-electron chi connectivity index (χ4n) is 6.34. The number of hydrogen-bond acceptors (Lipinski definition) is 3. The molecule has 0 saturated heterocycles. The first-order chi connectivity index (χ1) is 11.5. The number of carbonyl (C=O) groups excluding carboxylic acids is 1. The van der Waals surface area contributed by atoms with Gasteiger partial charge < -0.3 is 9.84 Å². The third-order valence-corrected chi connectivity index (χ3v) is 7.67. The van der Waals surface area contributed by atoms with Crippen molar-refractivity contribution >= 4 is 5.78 Å². The van der Waals surface area contributed by atoms with E-state index >= 15 is 0 Å². The Hall–Kier alpha value is -0.930. The molecule has 0 aromatic carbocycles. The van der Waals surface area contributed by atoms with E-state index in [1.807, 2.05) is 6.08 Å². The van der Waals surface area contributed by atoms with Gasteiger partial charge in [0, 0.05) is 18.9 Å². The van der Waals surface area contributed by atoms with Gasteiger partial charge in [0.15, 0.2) is 5.78 Å². The van der Waals surface area contributed by atoms with E-state index < -0.39 is 5.60 Å². The maximum Gasteiger partial charge on any atom is 0.156 e. The average molecular weight is 330 g/mol. The molecule has 1 N–H and O–H groups in total.